The van der Waals surface area contributed by atoms with Crippen LogP contribution in [0.5, 0.6) is 5.75 Å². The van der Waals surface area contributed by atoms with Crippen LogP contribution in [0.2, 0.25) is 0 Å². The standard InChI is InChI=1S/C21H35NO/c1-6-23-20-12-9-17(13-15(20)2)19(14-22)16-7-10-18(11-8-16)21(3,4)5/h9,12-13,16,18-19H,6-8,10-11,14,22H2,1-5H3. The van der Waals surface area contributed by atoms with Gasteiger partial charge in [-0.25, -0.2) is 0 Å². The van der Waals surface area contributed by atoms with Gasteiger partial charge in [0.1, 0.15) is 5.75 Å². The van der Waals surface area contributed by atoms with Crippen molar-refractivity contribution in [1.82, 2.24) is 0 Å². The van der Waals surface area contributed by atoms with Gasteiger partial charge in [0.05, 0.1) is 6.61 Å². The van der Waals surface area contributed by atoms with E-state index < -0.39 is 0 Å². The van der Waals surface area contributed by atoms with E-state index in [0.717, 1.165) is 30.7 Å². The lowest BCUT2D eigenvalue weighted by Crippen LogP contribution is -2.30. The van der Waals surface area contributed by atoms with Gasteiger partial charge < -0.3 is 10.5 Å². The minimum atomic E-state index is 0.443. The Hall–Kier alpha value is -1.02. The average molecular weight is 318 g/mol. The molecule has 0 aromatic heterocycles. The Morgan fingerprint density at radius 3 is 2.30 bits per heavy atom. The SMILES string of the molecule is CCOc1ccc(C(CN)C2CCC(C(C)(C)C)CC2)cc1C. The van der Waals surface area contributed by atoms with Gasteiger partial charge in [-0.15, -0.1) is 0 Å². The molecule has 0 aliphatic heterocycles. The second-order valence-corrected chi connectivity index (χ2v) is 8.28. The summed E-state index contributed by atoms with van der Waals surface area (Å²) in [5, 5.41) is 0. The van der Waals surface area contributed by atoms with Crippen LogP contribution in [-0.2, 0) is 0 Å². The van der Waals surface area contributed by atoms with Gasteiger partial charge in [0, 0.05) is 0 Å². The van der Waals surface area contributed by atoms with Gasteiger partial charge in [-0.05, 0) is 86.4 Å². The lowest BCUT2D eigenvalue weighted by Gasteiger charge is -2.39. The fourth-order valence-electron chi connectivity index (χ4n) is 4.21. The molecule has 2 heteroatoms. The molecule has 0 amide bonds. The molecule has 2 N–H and O–H groups in total. The van der Waals surface area contributed by atoms with Gasteiger partial charge in [-0.2, -0.15) is 0 Å². The Morgan fingerprint density at radius 2 is 1.83 bits per heavy atom. The van der Waals surface area contributed by atoms with Crippen molar-refractivity contribution in [3.63, 3.8) is 0 Å². The zero-order valence-corrected chi connectivity index (χ0v) is 15.7. The van der Waals surface area contributed by atoms with Crippen molar-refractivity contribution in [1.29, 1.82) is 0 Å². The molecular weight excluding hydrogens is 282 g/mol. The highest BCUT2D eigenvalue weighted by atomic mass is 16.5. The molecule has 2 rings (SSSR count). The number of benzene rings is 1. The van der Waals surface area contributed by atoms with E-state index in [1.54, 1.807) is 0 Å². The van der Waals surface area contributed by atoms with Crippen LogP contribution < -0.4 is 10.5 Å². The van der Waals surface area contributed by atoms with E-state index in [-0.39, 0.29) is 0 Å². The van der Waals surface area contributed by atoms with Crippen LogP contribution in [0.3, 0.4) is 0 Å². The number of hydrogen-bond acceptors (Lipinski definition) is 2. The Balaban J connectivity index is 2.07. The van der Waals surface area contributed by atoms with Crippen molar-refractivity contribution < 1.29 is 4.74 Å². The maximum absolute atomic E-state index is 6.17. The number of rotatable bonds is 5. The lowest BCUT2D eigenvalue weighted by molar-refractivity contribution is 0.140. The van der Waals surface area contributed by atoms with E-state index in [2.05, 4.69) is 45.9 Å². The van der Waals surface area contributed by atoms with Crippen molar-refractivity contribution in [2.45, 2.75) is 66.2 Å². The van der Waals surface area contributed by atoms with Crippen LogP contribution in [0.25, 0.3) is 0 Å². The predicted molar refractivity (Wildman–Crippen MR) is 99.0 cm³/mol. The largest absolute Gasteiger partial charge is 0.494 e. The van der Waals surface area contributed by atoms with E-state index in [4.69, 9.17) is 10.5 Å². The summed E-state index contributed by atoms with van der Waals surface area (Å²) in [4.78, 5) is 0. The summed E-state index contributed by atoms with van der Waals surface area (Å²) in [6.07, 6.45) is 5.33. The smallest absolute Gasteiger partial charge is 0.122 e. The Bertz CT molecular complexity index is 495. The Kier molecular flexibility index (Phi) is 6.13. The van der Waals surface area contributed by atoms with Crippen LogP contribution in [0.1, 0.15) is 70.4 Å². The quantitative estimate of drug-likeness (QED) is 0.801. The summed E-state index contributed by atoms with van der Waals surface area (Å²) in [7, 11) is 0. The first kappa shape index (κ1) is 18.3. The molecule has 1 aliphatic carbocycles. The summed E-state index contributed by atoms with van der Waals surface area (Å²) < 4.78 is 5.67. The first-order valence-corrected chi connectivity index (χ1v) is 9.30. The molecule has 2 nitrogen and oxygen atoms in total. The van der Waals surface area contributed by atoms with E-state index in [1.165, 1.54) is 36.8 Å². The van der Waals surface area contributed by atoms with Crippen LogP contribution in [0.15, 0.2) is 18.2 Å². The molecule has 1 unspecified atom stereocenters. The zero-order valence-electron chi connectivity index (χ0n) is 15.7. The molecule has 130 valence electrons. The second kappa shape index (κ2) is 7.70. The lowest BCUT2D eigenvalue weighted by atomic mass is 9.66. The first-order chi connectivity index (χ1) is 10.9. The summed E-state index contributed by atoms with van der Waals surface area (Å²) in [5.74, 6) is 3.09. The summed E-state index contributed by atoms with van der Waals surface area (Å²) >= 11 is 0. The number of nitrogens with two attached hydrogens (primary N) is 1. The van der Waals surface area contributed by atoms with Crippen molar-refractivity contribution in [2.75, 3.05) is 13.2 Å². The summed E-state index contributed by atoms with van der Waals surface area (Å²) in [5.41, 5.74) is 9.24. The van der Waals surface area contributed by atoms with Crippen molar-refractivity contribution in [2.24, 2.45) is 23.0 Å². The highest BCUT2D eigenvalue weighted by Crippen LogP contribution is 2.44. The first-order valence-electron chi connectivity index (χ1n) is 9.30. The van der Waals surface area contributed by atoms with Crippen LogP contribution in [0, 0.1) is 24.2 Å². The summed E-state index contributed by atoms with van der Waals surface area (Å²) in [6, 6.07) is 6.64. The van der Waals surface area contributed by atoms with Crippen molar-refractivity contribution >= 4 is 0 Å². The van der Waals surface area contributed by atoms with E-state index in [0.29, 0.717) is 11.3 Å². The van der Waals surface area contributed by atoms with Crippen LogP contribution in [-0.4, -0.2) is 13.2 Å². The molecule has 1 aromatic carbocycles. The van der Waals surface area contributed by atoms with Crippen LogP contribution >= 0.6 is 0 Å². The third-order valence-electron chi connectivity index (χ3n) is 5.75. The molecule has 1 fully saturated rings. The molecule has 0 radical (unpaired) electrons. The minimum Gasteiger partial charge on any atom is -0.494 e. The Labute approximate surface area is 142 Å². The van der Waals surface area contributed by atoms with Gasteiger partial charge in [-0.1, -0.05) is 32.9 Å². The van der Waals surface area contributed by atoms with Gasteiger partial charge in [-0.3, -0.25) is 0 Å². The molecule has 1 aliphatic rings. The Morgan fingerprint density at radius 1 is 1.17 bits per heavy atom. The molecule has 1 atom stereocenters. The van der Waals surface area contributed by atoms with Crippen molar-refractivity contribution in [3.05, 3.63) is 29.3 Å². The fourth-order valence-corrected chi connectivity index (χ4v) is 4.21. The highest BCUT2D eigenvalue weighted by Gasteiger charge is 2.33. The maximum Gasteiger partial charge on any atom is 0.122 e. The molecule has 1 aromatic rings. The van der Waals surface area contributed by atoms with Gasteiger partial charge in [0.15, 0.2) is 0 Å². The maximum atomic E-state index is 6.17. The fraction of sp³-hybridized carbons (Fsp3) is 0.714. The monoisotopic (exact) mass is 317 g/mol. The molecule has 1 saturated carbocycles. The molecule has 0 bridgehead atoms. The van der Waals surface area contributed by atoms with Gasteiger partial charge in [0.25, 0.3) is 0 Å². The number of aryl methyl sites for hydroxylation is 1. The van der Waals surface area contributed by atoms with E-state index in [1.807, 2.05) is 6.92 Å². The average Bonchev–Trinajstić information content (AvgIpc) is 2.50. The highest BCUT2D eigenvalue weighted by molar-refractivity contribution is 5.38. The molecule has 0 saturated heterocycles. The number of hydrogen-bond donors (Lipinski definition) is 1. The topological polar surface area (TPSA) is 35.2 Å². The van der Waals surface area contributed by atoms with Gasteiger partial charge in [0.2, 0.25) is 0 Å². The van der Waals surface area contributed by atoms with Gasteiger partial charge >= 0.3 is 0 Å². The van der Waals surface area contributed by atoms with Crippen molar-refractivity contribution in [3.8, 4) is 5.75 Å². The van der Waals surface area contributed by atoms with E-state index >= 15 is 0 Å². The molecular formula is C21H35NO. The zero-order chi connectivity index (χ0) is 17.0. The van der Waals surface area contributed by atoms with Crippen LogP contribution in [0.4, 0.5) is 0 Å². The molecule has 23 heavy (non-hydrogen) atoms. The minimum absolute atomic E-state index is 0.443. The van der Waals surface area contributed by atoms with E-state index in [9.17, 15) is 0 Å². The normalized spacial score (nSPS) is 23.6. The molecule has 0 heterocycles. The predicted octanol–water partition coefficient (Wildman–Crippen LogP) is 5.29. The summed E-state index contributed by atoms with van der Waals surface area (Å²) in [6.45, 7) is 12.8. The second-order valence-electron chi connectivity index (χ2n) is 8.28. The number of ether oxygens (including phenoxy) is 1. The molecule has 0 spiro atoms. The third-order valence-corrected chi connectivity index (χ3v) is 5.75. The third kappa shape index (κ3) is 4.50.